The van der Waals surface area contributed by atoms with Gasteiger partial charge in [-0.3, -0.25) is 9.59 Å². The molecule has 4 aromatic rings. The van der Waals surface area contributed by atoms with Gasteiger partial charge in [0.2, 0.25) is 11.8 Å². The summed E-state index contributed by atoms with van der Waals surface area (Å²) < 4.78 is 2.47. The zero-order chi connectivity index (χ0) is 25.1. The van der Waals surface area contributed by atoms with Crippen LogP contribution in [0.15, 0.2) is 59.2 Å². The van der Waals surface area contributed by atoms with Crippen molar-refractivity contribution in [3.8, 4) is 0 Å². The smallest absolute Gasteiger partial charge is 0.335 e. The van der Waals surface area contributed by atoms with Crippen LogP contribution in [0.3, 0.4) is 0 Å². The number of amides is 2. The SMILES string of the molecule is Nc1cccc2c1c1cc(C(=O)O)ccc1n2CC(=O)N1[C@@H]2C[C@@H]2C[C@H]1C(=O)Nc1cccc(Br)n1. The van der Waals surface area contributed by atoms with Gasteiger partial charge in [-0.25, -0.2) is 9.78 Å². The molecule has 3 atom stereocenters. The van der Waals surface area contributed by atoms with E-state index in [0.29, 0.717) is 44.7 Å². The summed E-state index contributed by atoms with van der Waals surface area (Å²) in [6, 6.07) is 15.0. The number of carboxylic acids is 1. The maximum Gasteiger partial charge on any atom is 0.335 e. The first-order chi connectivity index (χ1) is 17.3. The van der Waals surface area contributed by atoms with Gasteiger partial charge in [0.25, 0.3) is 0 Å². The molecule has 2 aromatic heterocycles. The number of rotatable bonds is 5. The number of likely N-dealkylation sites (tertiary alicyclic amines) is 1. The van der Waals surface area contributed by atoms with Gasteiger partial charge in [0.1, 0.15) is 23.0 Å². The van der Waals surface area contributed by atoms with Crippen LogP contribution in [0, 0.1) is 5.92 Å². The van der Waals surface area contributed by atoms with Gasteiger partial charge >= 0.3 is 5.97 Å². The van der Waals surface area contributed by atoms with Gasteiger partial charge in [0, 0.05) is 28.0 Å². The number of anilines is 2. The summed E-state index contributed by atoms with van der Waals surface area (Å²) in [6.07, 6.45) is 1.52. The molecule has 2 amide bonds. The fraction of sp³-hybridized carbons (Fsp3) is 0.231. The Morgan fingerprint density at radius 1 is 1.08 bits per heavy atom. The molecule has 2 fully saturated rings. The van der Waals surface area contributed by atoms with E-state index >= 15 is 0 Å². The van der Waals surface area contributed by atoms with Crippen LogP contribution in [0.25, 0.3) is 21.8 Å². The maximum atomic E-state index is 13.7. The Balaban J connectivity index is 1.34. The Morgan fingerprint density at radius 3 is 2.67 bits per heavy atom. The van der Waals surface area contributed by atoms with Crippen molar-refractivity contribution < 1.29 is 19.5 Å². The number of aromatic carboxylic acids is 1. The summed E-state index contributed by atoms with van der Waals surface area (Å²) in [5, 5.41) is 13.7. The number of carboxylic acid groups (broad SMARTS) is 1. The number of carbonyl (C=O) groups excluding carboxylic acids is 2. The van der Waals surface area contributed by atoms with Crippen molar-refractivity contribution in [3.63, 3.8) is 0 Å². The number of hydrogen-bond donors (Lipinski definition) is 3. The predicted molar refractivity (Wildman–Crippen MR) is 139 cm³/mol. The lowest BCUT2D eigenvalue weighted by Crippen LogP contribution is -2.46. The van der Waals surface area contributed by atoms with E-state index in [1.165, 1.54) is 6.07 Å². The van der Waals surface area contributed by atoms with Crippen molar-refractivity contribution in [2.45, 2.75) is 31.5 Å². The molecular formula is C26H22BrN5O4. The van der Waals surface area contributed by atoms with Crippen LogP contribution < -0.4 is 11.1 Å². The summed E-state index contributed by atoms with van der Waals surface area (Å²) in [6.45, 7) is 0.0119. The number of halogens is 1. The molecule has 1 saturated heterocycles. The van der Waals surface area contributed by atoms with Crippen LogP contribution in [0.2, 0.25) is 0 Å². The van der Waals surface area contributed by atoms with Gasteiger partial charge in [-0.2, -0.15) is 0 Å². The Morgan fingerprint density at radius 2 is 1.89 bits per heavy atom. The number of nitrogen functional groups attached to an aromatic ring is 1. The monoisotopic (exact) mass is 547 g/mol. The molecule has 1 aliphatic carbocycles. The van der Waals surface area contributed by atoms with Gasteiger partial charge in [-0.1, -0.05) is 12.1 Å². The molecule has 10 heteroatoms. The van der Waals surface area contributed by atoms with Crippen LogP contribution in [0.5, 0.6) is 0 Å². The second kappa shape index (κ2) is 8.34. The van der Waals surface area contributed by atoms with Gasteiger partial charge in [-0.15, -0.1) is 0 Å². The van der Waals surface area contributed by atoms with Crippen molar-refractivity contribution in [3.05, 3.63) is 64.8 Å². The summed E-state index contributed by atoms with van der Waals surface area (Å²) in [7, 11) is 0. The van der Waals surface area contributed by atoms with E-state index in [1.807, 2.05) is 16.7 Å². The first-order valence-corrected chi connectivity index (χ1v) is 12.4. The number of pyridine rings is 1. The average Bonchev–Trinajstić information content (AvgIpc) is 3.39. The van der Waals surface area contributed by atoms with Crippen molar-refractivity contribution in [2.75, 3.05) is 11.1 Å². The zero-order valence-corrected chi connectivity index (χ0v) is 20.6. The minimum Gasteiger partial charge on any atom is -0.478 e. The van der Waals surface area contributed by atoms with Crippen LogP contribution >= 0.6 is 15.9 Å². The second-order valence-corrected chi connectivity index (χ2v) is 10.1. The van der Waals surface area contributed by atoms with Crippen LogP contribution in [-0.4, -0.2) is 49.4 Å². The molecule has 2 aromatic carbocycles. The number of nitrogens with two attached hydrogens (primary N) is 1. The Kier molecular flexibility index (Phi) is 5.22. The van der Waals surface area contributed by atoms with E-state index in [1.54, 1.807) is 41.3 Å². The second-order valence-electron chi connectivity index (χ2n) is 9.32. The van der Waals surface area contributed by atoms with Gasteiger partial charge in [0.15, 0.2) is 0 Å². The largest absolute Gasteiger partial charge is 0.478 e. The van der Waals surface area contributed by atoms with E-state index in [-0.39, 0.29) is 30.0 Å². The molecule has 0 radical (unpaired) electrons. The van der Waals surface area contributed by atoms with Crippen molar-refractivity contribution >= 4 is 67.0 Å². The lowest BCUT2D eigenvalue weighted by Gasteiger charge is -2.27. The number of piperidine rings is 1. The Bertz CT molecular complexity index is 1580. The van der Waals surface area contributed by atoms with Gasteiger partial charge < -0.3 is 25.6 Å². The Labute approximate surface area is 214 Å². The molecule has 1 saturated carbocycles. The molecule has 0 bridgehead atoms. The molecule has 1 aliphatic heterocycles. The molecule has 0 unspecified atom stereocenters. The standard InChI is InChI=1S/C26H22BrN5O4/c27-21-5-2-6-22(29-21)30-25(34)20-11-14-10-19(14)32(20)23(33)12-31-17-8-7-13(26(35)36)9-15(17)24-16(28)3-1-4-18(24)31/h1-9,14,19-20H,10-12,28H2,(H,35,36)(H,29,30,34)/t14-,19-,20+/m1/s1. The van der Waals surface area contributed by atoms with Crippen molar-refractivity contribution in [2.24, 2.45) is 5.92 Å². The minimum absolute atomic E-state index is 0.0119. The van der Waals surface area contributed by atoms with E-state index < -0.39 is 12.0 Å². The third-order valence-electron chi connectivity index (χ3n) is 7.12. The molecular weight excluding hydrogens is 526 g/mol. The maximum absolute atomic E-state index is 13.7. The zero-order valence-electron chi connectivity index (χ0n) is 19.0. The molecule has 4 N–H and O–H groups in total. The average molecular weight is 548 g/mol. The minimum atomic E-state index is -1.03. The third kappa shape index (κ3) is 3.69. The molecule has 9 nitrogen and oxygen atoms in total. The molecule has 0 spiro atoms. The van der Waals surface area contributed by atoms with E-state index in [0.717, 1.165) is 11.9 Å². The third-order valence-corrected chi connectivity index (χ3v) is 7.57. The van der Waals surface area contributed by atoms with Crippen LogP contribution in [-0.2, 0) is 16.1 Å². The lowest BCUT2D eigenvalue weighted by atomic mass is 10.1. The number of benzene rings is 2. The summed E-state index contributed by atoms with van der Waals surface area (Å²) in [5.74, 6) is -0.694. The molecule has 3 heterocycles. The predicted octanol–water partition coefficient (Wildman–Crippen LogP) is 3.86. The highest BCUT2D eigenvalue weighted by molar-refractivity contribution is 9.10. The fourth-order valence-corrected chi connectivity index (χ4v) is 5.78. The van der Waals surface area contributed by atoms with Crippen molar-refractivity contribution in [1.29, 1.82) is 0 Å². The molecule has 2 aliphatic rings. The van der Waals surface area contributed by atoms with Crippen LogP contribution in [0.4, 0.5) is 11.5 Å². The number of aromatic nitrogens is 2. The van der Waals surface area contributed by atoms with Gasteiger partial charge in [0.05, 0.1) is 11.1 Å². The normalized spacial score (nSPS) is 20.5. The highest BCUT2D eigenvalue weighted by atomic mass is 79.9. The summed E-state index contributed by atoms with van der Waals surface area (Å²) >= 11 is 3.31. The van der Waals surface area contributed by atoms with Gasteiger partial charge in [-0.05, 0) is 77.2 Å². The Hall–Kier alpha value is -3.92. The highest BCUT2D eigenvalue weighted by Gasteiger charge is 2.56. The number of hydrogen-bond acceptors (Lipinski definition) is 5. The summed E-state index contributed by atoms with van der Waals surface area (Å²) in [5.41, 5.74) is 8.38. The number of fused-ring (bicyclic) bond motifs is 4. The first kappa shape index (κ1) is 22.5. The van der Waals surface area contributed by atoms with E-state index in [2.05, 4.69) is 26.2 Å². The fourth-order valence-electron chi connectivity index (χ4n) is 5.43. The molecule has 6 rings (SSSR count). The number of carbonyl (C=O) groups is 3. The lowest BCUT2D eigenvalue weighted by molar-refractivity contribution is -0.138. The van der Waals surface area contributed by atoms with Crippen molar-refractivity contribution in [1.82, 2.24) is 14.5 Å². The van der Waals surface area contributed by atoms with E-state index in [9.17, 15) is 19.5 Å². The van der Waals surface area contributed by atoms with Crippen LogP contribution in [0.1, 0.15) is 23.2 Å². The molecule has 36 heavy (non-hydrogen) atoms. The number of nitrogens with one attached hydrogen (secondary N) is 1. The topological polar surface area (TPSA) is 131 Å². The van der Waals surface area contributed by atoms with E-state index in [4.69, 9.17) is 5.73 Å². The first-order valence-electron chi connectivity index (χ1n) is 11.6. The molecule has 182 valence electrons. The summed E-state index contributed by atoms with van der Waals surface area (Å²) in [4.78, 5) is 44.4. The number of nitrogens with zero attached hydrogens (tertiary/aromatic N) is 3. The quantitative estimate of drug-likeness (QED) is 0.257. The highest BCUT2D eigenvalue weighted by Crippen LogP contribution is 2.48.